The van der Waals surface area contributed by atoms with Crippen LogP contribution in [0.1, 0.15) is 30.4 Å². The van der Waals surface area contributed by atoms with Crippen LogP contribution in [0.4, 0.5) is 8.78 Å². The molecule has 3 rings (SSSR count). The highest BCUT2D eigenvalue weighted by Gasteiger charge is 2.49. The van der Waals surface area contributed by atoms with Crippen LogP contribution in [0.2, 0.25) is 0 Å². The van der Waals surface area contributed by atoms with Gasteiger partial charge in [0, 0.05) is 6.42 Å². The monoisotopic (exact) mass is 332 g/mol. The molecule has 2 unspecified atom stereocenters. The highest BCUT2D eigenvalue weighted by molar-refractivity contribution is 5.27. The lowest BCUT2D eigenvalue weighted by atomic mass is 9.90. The van der Waals surface area contributed by atoms with Gasteiger partial charge in [-0.3, -0.25) is 0 Å². The fourth-order valence-electron chi connectivity index (χ4n) is 2.98. The molecule has 2 aromatic rings. The molecule has 2 aromatic carbocycles. The Morgan fingerprint density at radius 3 is 2.46 bits per heavy atom. The normalized spacial score (nSPS) is 23.0. The molecular formula is C20H22F2O2. The lowest BCUT2D eigenvalue weighted by Crippen LogP contribution is -2.51. The van der Waals surface area contributed by atoms with Crippen molar-refractivity contribution in [2.45, 2.75) is 50.9 Å². The van der Waals surface area contributed by atoms with Gasteiger partial charge in [0.1, 0.15) is 11.9 Å². The largest absolute Gasteiger partial charge is 0.481 e. The first-order chi connectivity index (χ1) is 11.5. The van der Waals surface area contributed by atoms with E-state index in [9.17, 15) is 8.78 Å². The van der Waals surface area contributed by atoms with E-state index in [1.54, 1.807) is 12.1 Å². The van der Waals surface area contributed by atoms with Crippen molar-refractivity contribution in [3.8, 4) is 5.75 Å². The van der Waals surface area contributed by atoms with Crippen LogP contribution in [0, 0.1) is 6.92 Å². The molecule has 1 fully saturated rings. The fourth-order valence-corrected chi connectivity index (χ4v) is 2.98. The number of alkyl halides is 2. The molecule has 2 atom stereocenters. The zero-order valence-corrected chi connectivity index (χ0v) is 13.8. The maximum absolute atomic E-state index is 14.4. The van der Waals surface area contributed by atoms with Crippen LogP contribution in [0.25, 0.3) is 0 Å². The van der Waals surface area contributed by atoms with Crippen LogP contribution in [0.5, 0.6) is 5.75 Å². The van der Waals surface area contributed by atoms with Gasteiger partial charge >= 0.3 is 0 Å². The first-order valence-corrected chi connectivity index (χ1v) is 8.31. The number of hydrogen-bond donors (Lipinski definition) is 0. The summed E-state index contributed by atoms with van der Waals surface area (Å²) in [5.74, 6) is -2.43. The van der Waals surface area contributed by atoms with Gasteiger partial charge in [0.15, 0.2) is 6.10 Å². The molecule has 0 aliphatic heterocycles. The van der Waals surface area contributed by atoms with E-state index < -0.39 is 18.1 Å². The van der Waals surface area contributed by atoms with E-state index in [0.717, 1.165) is 11.1 Å². The summed E-state index contributed by atoms with van der Waals surface area (Å²) >= 11 is 0. The van der Waals surface area contributed by atoms with Crippen LogP contribution in [0.15, 0.2) is 54.6 Å². The summed E-state index contributed by atoms with van der Waals surface area (Å²) in [5.41, 5.74) is 2.04. The summed E-state index contributed by atoms with van der Waals surface area (Å²) in [4.78, 5) is 0. The van der Waals surface area contributed by atoms with Gasteiger partial charge in [0.25, 0.3) is 5.92 Å². The predicted molar refractivity (Wildman–Crippen MR) is 89.4 cm³/mol. The third-order valence-corrected chi connectivity index (χ3v) is 4.34. The average molecular weight is 332 g/mol. The van der Waals surface area contributed by atoms with E-state index in [1.165, 1.54) is 0 Å². The van der Waals surface area contributed by atoms with E-state index in [0.29, 0.717) is 25.2 Å². The Labute approximate surface area is 141 Å². The Morgan fingerprint density at radius 1 is 1.04 bits per heavy atom. The first-order valence-electron chi connectivity index (χ1n) is 8.31. The minimum absolute atomic E-state index is 0.158. The molecule has 0 aromatic heterocycles. The molecule has 4 heteroatoms. The van der Waals surface area contributed by atoms with E-state index >= 15 is 0 Å². The summed E-state index contributed by atoms with van der Waals surface area (Å²) in [6.07, 6.45) is -0.999. The third kappa shape index (κ3) is 4.12. The van der Waals surface area contributed by atoms with Gasteiger partial charge in [-0.1, -0.05) is 48.0 Å². The maximum Gasteiger partial charge on any atom is 0.286 e. The molecule has 0 radical (unpaired) electrons. The molecule has 24 heavy (non-hydrogen) atoms. The molecule has 0 saturated heterocycles. The smallest absolute Gasteiger partial charge is 0.286 e. The Morgan fingerprint density at radius 2 is 1.75 bits per heavy atom. The Balaban J connectivity index is 1.71. The molecular weight excluding hydrogens is 310 g/mol. The Hall–Kier alpha value is -1.94. The second-order valence-corrected chi connectivity index (χ2v) is 6.34. The zero-order valence-electron chi connectivity index (χ0n) is 13.8. The molecule has 2 nitrogen and oxygen atoms in total. The second kappa shape index (κ2) is 7.31. The van der Waals surface area contributed by atoms with Gasteiger partial charge in [-0.05, 0) is 37.5 Å². The molecule has 128 valence electrons. The summed E-state index contributed by atoms with van der Waals surface area (Å²) in [5, 5.41) is 0. The lowest BCUT2D eigenvalue weighted by Gasteiger charge is -2.37. The van der Waals surface area contributed by atoms with Crippen LogP contribution in [-0.2, 0) is 11.3 Å². The van der Waals surface area contributed by atoms with Crippen molar-refractivity contribution in [2.24, 2.45) is 0 Å². The topological polar surface area (TPSA) is 18.5 Å². The number of aryl methyl sites for hydroxylation is 1. The van der Waals surface area contributed by atoms with Gasteiger partial charge in [-0.25, -0.2) is 8.78 Å². The summed E-state index contributed by atoms with van der Waals surface area (Å²) in [7, 11) is 0. The molecule has 0 bridgehead atoms. The highest BCUT2D eigenvalue weighted by Crippen LogP contribution is 2.38. The predicted octanol–water partition coefficient (Wildman–Crippen LogP) is 5.15. The van der Waals surface area contributed by atoms with Crippen molar-refractivity contribution < 1.29 is 18.3 Å². The maximum atomic E-state index is 14.4. The van der Waals surface area contributed by atoms with E-state index in [1.807, 2.05) is 49.4 Å². The average Bonchev–Trinajstić information content (AvgIpc) is 2.58. The van der Waals surface area contributed by atoms with E-state index in [2.05, 4.69) is 0 Å². The van der Waals surface area contributed by atoms with Crippen molar-refractivity contribution in [3.05, 3.63) is 65.7 Å². The molecule has 0 N–H and O–H groups in total. The van der Waals surface area contributed by atoms with Gasteiger partial charge in [0.05, 0.1) is 6.61 Å². The molecule has 0 heterocycles. The fraction of sp³-hybridized carbons (Fsp3) is 0.400. The number of benzene rings is 2. The lowest BCUT2D eigenvalue weighted by molar-refractivity contribution is -0.181. The van der Waals surface area contributed by atoms with Gasteiger partial charge < -0.3 is 9.47 Å². The van der Waals surface area contributed by atoms with Crippen molar-refractivity contribution in [2.75, 3.05) is 0 Å². The van der Waals surface area contributed by atoms with Crippen LogP contribution in [0.3, 0.4) is 0 Å². The molecule has 0 spiro atoms. The van der Waals surface area contributed by atoms with E-state index in [4.69, 9.17) is 9.47 Å². The summed E-state index contributed by atoms with van der Waals surface area (Å²) in [6, 6.07) is 16.8. The quantitative estimate of drug-likeness (QED) is 0.754. The Kier molecular flexibility index (Phi) is 5.14. The number of ether oxygens (including phenoxy) is 2. The van der Waals surface area contributed by atoms with Crippen molar-refractivity contribution >= 4 is 0 Å². The molecule has 1 saturated carbocycles. The number of hydrogen-bond acceptors (Lipinski definition) is 2. The third-order valence-electron chi connectivity index (χ3n) is 4.34. The second-order valence-electron chi connectivity index (χ2n) is 6.34. The highest BCUT2D eigenvalue weighted by atomic mass is 19.3. The van der Waals surface area contributed by atoms with E-state index in [-0.39, 0.29) is 6.42 Å². The van der Waals surface area contributed by atoms with Crippen LogP contribution < -0.4 is 4.74 Å². The van der Waals surface area contributed by atoms with Crippen molar-refractivity contribution in [1.29, 1.82) is 0 Å². The van der Waals surface area contributed by atoms with Gasteiger partial charge in [-0.15, -0.1) is 0 Å². The van der Waals surface area contributed by atoms with Crippen LogP contribution in [-0.4, -0.2) is 18.1 Å². The van der Waals surface area contributed by atoms with Crippen LogP contribution >= 0.6 is 0 Å². The van der Waals surface area contributed by atoms with Crippen molar-refractivity contribution in [3.63, 3.8) is 0 Å². The van der Waals surface area contributed by atoms with Gasteiger partial charge in [-0.2, -0.15) is 0 Å². The minimum Gasteiger partial charge on any atom is -0.481 e. The molecule has 1 aliphatic carbocycles. The standard InChI is InChI=1S/C20H22F2O2/c1-15-9-11-17(12-10-15)24-19-18(8-5-13-20(19,21)22)23-14-16-6-3-2-4-7-16/h2-4,6-7,9-12,18-19H,5,8,13-14H2,1H3. The summed E-state index contributed by atoms with van der Waals surface area (Å²) < 4.78 is 40.3. The minimum atomic E-state index is -2.88. The Bertz CT molecular complexity index is 640. The van der Waals surface area contributed by atoms with Gasteiger partial charge in [0.2, 0.25) is 0 Å². The summed E-state index contributed by atoms with van der Waals surface area (Å²) in [6.45, 7) is 2.26. The zero-order chi connectivity index (χ0) is 17.0. The molecule has 1 aliphatic rings. The number of halogens is 2. The van der Waals surface area contributed by atoms with Crippen molar-refractivity contribution in [1.82, 2.24) is 0 Å². The molecule has 0 amide bonds. The SMILES string of the molecule is Cc1ccc(OC2C(OCc3ccccc3)CCCC2(F)F)cc1. The number of rotatable bonds is 5. The first kappa shape index (κ1) is 16.9.